The molecule has 1 aromatic carbocycles. The van der Waals surface area contributed by atoms with E-state index in [1.54, 1.807) is 0 Å². The maximum Gasteiger partial charge on any atom is 0.264 e. The van der Waals surface area contributed by atoms with Gasteiger partial charge < -0.3 is 4.74 Å². The molecular weight excluding hydrogens is 396 g/mol. The summed E-state index contributed by atoms with van der Waals surface area (Å²) in [6, 6.07) is 6.56. The predicted molar refractivity (Wildman–Crippen MR) is 127 cm³/mol. The van der Waals surface area contributed by atoms with Gasteiger partial charge in [-0.25, -0.2) is 0 Å². The van der Waals surface area contributed by atoms with Crippen LogP contribution in [-0.2, 0) is 23.0 Å². The lowest BCUT2D eigenvalue weighted by Gasteiger charge is -2.14. The second-order valence-corrected chi connectivity index (χ2v) is 10.0. The molecule has 0 saturated carbocycles. The zero-order chi connectivity index (χ0) is 22.1. The van der Waals surface area contributed by atoms with Crippen molar-refractivity contribution in [2.75, 3.05) is 12.4 Å². The minimum Gasteiger partial charge on any atom is -0.493 e. The van der Waals surface area contributed by atoms with Crippen molar-refractivity contribution in [3.8, 4) is 5.75 Å². The summed E-state index contributed by atoms with van der Waals surface area (Å²) < 4.78 is 36.7. The van der Waals surface area contributed by atoms with E-state index >= 15 is 0 Å². The van der Waals surface area contributed by atoms with Crippen molar-refractivity contribution in [3.63, 3.8) is 0 Å². The minimum atomic E-state index is -3.92. The van der Waals surface area contributed by atoms with Gasteiger partial charge in [0.25, 0.3) is 10.1 Å². The van der Waals surface area contributed by atoms with Gasteiger partial charge in [-0.15, -0.1) is 0 Å². The summed E-state index contributed by atoms with van der Waals surface area (Å²) in [6.07, 6.45) is 17.6. The van der Waals surface area contributed by atoms with Crippen LogP contribution in [-0.4, -0.2) is 25.3 Å². The van der Waals surface area contributed by atoms with E-state index in [1.165, 1.54) is 81.8 Å². The van der Waals surface area contributed by atoms with Gasteiger partial charge in [0.05, 0.1) is 12.4 Å². The van der Waals surface area contributed by atoms with Gasteiger partial charge >= 0.3 is 0 Å². The fourth-order valence-corrected chi connectivity index (χ4v) is 4.21. The average molecular weight is 441 g/mol. The molecule has 0 amide bonds. The molecule has 5 heteroatoms. The average Bonchev–Trinajstić information content (AvgIpc) is 2.71. The molecule has 0 aliphatic heterocycles. The van der Waals surface area contributed by atoms with E-state index in [0.717, 1.165) is 25.0 Å². The molecule has 0 radical (unpaired) electrons. The molecule has 0 aliphatic carbocycles. The van der Waals surface area contributed by atoms with Crippen LogP contribution >= 0.6 is 0 Å². The number of rotatable bonds is 19. The topological polar surface area (TPSA) is 63.6 Å². The molecule has 174 valence electrons. The number of unbranched alkanes of at least 4 members (excludes halogenated alkanes) is 10. The van der Waals surface area contributed by atoms with Crippen molar-refractivity contribution >= 4 is 10.1 Å². The molecule has 0 bridgehead atoms. The SMILES string of the molecule is CCCCCCCCc1ccc(CCCCCCCC)c(OCCCS(=O)(=O)O)c1. The summed E-state index contributed by atoms with van der Waals surface area (Å²) in [6.45, 7) is 4.78. The molecule has 0 heterocycles. The first-order valence-corrected chi connectivity index (χ1v) is 13.8. The van der Waals surface area contributed by atoms with Crippen molar-refractivity contribution in [1.29, 1.82) is 0 Å². The number of benzene rings is 1. The highest BCUT2D eigenvalue weighted by molar-refractivity contribution is 7.85. The highest BCUT2D eigenvalue weighted by atomic mass is 32.2. The van der Waals surface area contributed by atoms with E-state index in [0.29, 0.717) is 13.0 Å². The Bertz CT molecular complexity index is 655. The molecule has 0 atom stereocenters. The lowest BCUT2D eigenvalue weighted by atomic mass is 10.00. The Balaban J connectivity index is 2.56. The van der Waals surface area contributed by atoms with Gasteiger partial charge in [0, 0.05) is 0 Å². The molecule has 0 spiro atoms. The Labute approximate surface area is 185 Å². The largest absolute Gasteiger partial charge is 0.493 e. The molecule has 1 aromatic rings. The van der Waals surface area contributed by atoms with Crippen LogP contribution in [0.4, 0.5) is 0 Å². The lowest BCUT2D eigenvalue weighted by Crippen LogP contribution is -2.09. The third kappa shape index (κ3) is 14.0. The maximum atomic E-state index is 10.9. The molecule has 0 saturated heterocycles. The molecule has 1 N–H and O–H groups in total. The van der Waals surface area contributed by atoms with Gasteiger partial charge in [0.2, 0.25) is 0 Å². The van der Waals surface area contributed by atoms with Gasteiger partial charge in [-0.05, 0) is 49.3 Å². The van der Waals surface area contributed by atoms with Crippen molar-refractivity contribution in [3.05, 3.63) is 29.3 Å². The third-order valence-corrected chi connectivity index (χ3v) is 6.36. The standard InChI is InChI=1S/C25H44O4S/c1-3-5-7-9-11-13-16-23-18-19-24(17-14-12-10-8-6-4-2)25(22-23)29-20-15-21-30(26,27)28/h18-19,22H,3-17,20-21H2,1-2H3,(H,26,27,28). The van der Waals surface area contributed by atoms with E-state index < -0.39 is 10.1 Å². The summed E-state index contributed by atoms with van der Waals surface area (Å²) in [4.78, 5) is 0. The second-order valence-electron chi connectivity index (χ2n) is 8.47. The Hall–Kier alpha value is -1.07. The predicted octanol–water partition coefficient (Wildman–Crippen LogP) is 7.15. The smallest absolute Gasteiger partial charge is 0.264 e. The Morgan fingerprint density at radius 3 is 1.93 bits per heavy atom. The van der Waals surface area contributed by atoms with E-state index in [-0.39, 0.29) is 5.75 Å². The summed E-state index contributed by atoms with van der Waals surface area (Å²) in [5.41, 5.74) is 2.51. The Morgan fingerprint density at radius 2 is 1.33 bits per heavy atom. The zero-order valence-electron chi connectivity index (χ0n) is 19.3. The minimum absolute atomic E-state index is 0.253. The van der Waals surface area contributed by atoms with Crippen LogP contribution in [0.25, 0.3) is 0 Å². The second kappa shape index (κ2) is 16.6. The molecule has 0 fully saturated rings. The number of aryl methyl sites for hydroxylation is 2. The molecule has 0 unspecified atom stereocenters. The van der Waals surface area contributed by atoms with Gasteiger partial charge in [-0.3, -0.25) is 4.55 Å². The van der Waals surface area contributed by atoms with Crippen LogP contribution in [0.15, 0.2) is 18.2 Å². The van der Waals surface area contributed by atoms with E-state index in [4.69, 9.17) is 9.29 Å². The number of hydrogen-bond acceptors (Lipinski definition) is 3. The van der Waals surface area contributed by atoms with Crippen molar-refractivity contribution in [2.24, 2.45) is 0 Å². The van der Waals surface area contributed by atoms with Crippen molar-refractivity contribution < 1.29 is 17.7 Å². The molecule has 1 rings (SSSR count). The monoisotopic (exact) mass is 440 g/mol. The molecule has 30 heavy (non-hydrogen) atoms. The van der Waals surface area contributed by atoms with Crippen molar-refractivity contribution in [2.45, 2.75) is 110 Å². The van der Waals surface area contributed by atoms with Crippen LogP contribution in [0.1, 0.15) is 108 Å². The third-order valence-electron chi connectivity index (χ3n) is 5.55. The summed E-state index contributed by atoms with van der Waals surface area (Å²) in [5.74, 6) is 0.638. The summed E-state index contributed by atoms with van der Waals surface area (Å²) in [7, 11) is -3.92. The Morgan fingerprint density at radius 1 is 0.767 bits per heavy atom. The lowest BCUT2D eigenvalue weighted by molar-refractivity contribution is 0.312. The fourth-order valence-electron chi connectivity index (χ4n) is 3.72. The fraction of sp³-hybridized carbons (Fsp3) is 0.760. The first-order chi connectivity index (χ1) is 14.5. The van der Waals surface area contributed by atoms with Crippen molar-refractivity contribution in [1.82, 2.24) is 0 Å². The van der Waals surface area contributed by atoms with E-state index in [1.807, 2.05) is 0 Å². The van der Waals surface area contributed by atoms with E-state index in [9.17, 15) is 8.42 Å². The highest BCUT2D eigenvalue weighted by Crippen LogP contribution is 2.25. The normalized spacial score (nSPS) is 11.7. The summed E-state index contributed by atoms with van der Waals surface area (Å²) >= 11 is 0. The van der Waals surface area contributed by atoms with Gasteiger partial charge in [-0.2, -0.15) is 8.42 Å². The molecule has 0 aromatic heterocycles. The van der Waals surface area contributed by atoms with Crippen LogP contribution in [0.2, 0.25) is 0 Å². The first kappa shape index (κ1) is 27.0. The van der Waals surface area contributed by atoms with Crippen LogP contribution in [0.3, 0.4) is 0 Å². The number of hydrogen-bond donors (Lipinski definition) is 1. The highest BCUT2D eigenvalue weighted by Gasteiger charge is 2.08. The van der Waals surface area contributed by atoms with Gasteiger partial charge in [0.1, 0.15) is 5.75 Å². The number of ether oxygens (including phenoxy) is 1. The van der Waals surface area contributed by atoms with E-state index in [2.05, 4.69) is 32.0 Å². The molecule has 4 nitrogen and oxygen atoms in total. The van der Waals surface area contributed by atoms with Gasteiger partial charge in [0.15, 0.2) is 0 Å². The van der Waals surface area contributed by atoms with Gasteiger partial charge in [-0.1, -0.05) is 90.2 Å². The Kier molecular flexibility index (Phi) is 14.9. The summed E-state index contributed by atoms with van der Waals surface area (Å²) in [5, 5.41) is 0. The quantitative estimate of drug-likeness (QED) is 0.183. The van der Waals surface area contributed by atoms with Crippen LogP contribution in [0.5, 0.6) is 5.75 Å². The maximum absolute atomic E-state index is 10.9. The molecular formula is C25H44O4S. The zero-order valence-corrected chi connectivity index (χ0v) is 20.1. The van der Waals surface area contributed by atoms with Crippen LogP contribution < -0.4 is 4.74 Å². The molecule has 0 aliphatic rings. The van der Waals surface area contributed by atoms with Crippen LogP contribution in [0, 0.1) is 0 Å². The first-order valence-electron chi connectivity index (χ1n) is 12.2.